The summed E-state index contributed by atoms with van der Waals surface area (Å²) in [5, 5.41) is 4.92. The summed E-state index contributed by atoms with van der Waals surface area (Å²) in [6, 6.07) is 5.49. The van der Waals surface area contributed by atoms with E-state index in [4.69, 9.17) is 9.47 Å². The lowest BCUT2D eigenvalue weighted by atomic mass is 9.96. The van der Waals surface area contributed by atoms with Gasteiger partial charge in [0.2, 0.25) is 10.0 Å². The highest BCUT2D eigenvalue weighted by Gasteiger charge is 2.34. The van der Waals surface area contributed by atoms with Gasteiger partial charge < -0.3 is 14.8 Å². The number of carbonyl (C=O) groups is 3. The molecule has 182 valence electrons. The number of hydrogen-bond donors (Lipinski definition) is 2. The van der Waals surface area contributed by atoms with Gasteiger partial charge in [0.25, 0.3) is 5.91 Å². The number of methoxy groups -OCH3 is 1. The van der Waals surface area contributed by atoms with E-state index < -0.39 is 40.5 Å². The summed E-state index contributed by atoms with van der Waals surface area (Å²) >= 11 is 0. The van der Waals surface area contributed by atoms with Gasteiger partial charge in [0, 0.05) is 19.1 Å². The molecule has 1 atom stereocenters. The molecule has 1 saturated carbocycles. The van der Waals surface area contributed by atoms with Gasteiger partial charge in [0.1, 0.15) is 5.75 Å². The van der Waals surface area contributed by atoms with Crippen LogP contribution in [0, 0.1) is 5.92 Å². The Labute approximate surface area is 194 Å². The van der Waals surface area contributed by atoms with Crippen LogP contribution in [0.25, 0.3) is 0 Å². The third kappa shape index (κ3) is 6.91. The van der Waals surface area contributed by atoms with E-state index in [1.54, 1.807) is 12.1 Å². The molecule has 0 spiro atoms. The Morgan fingerprint density at radius 1 is 1.03 bits per heavy atom. The van der Waals surface area contributed by atoms with E-state index in [0.717, 1.165) is 32.1 Å². The summed E-state index contributed by atoms with van der Waals surface area (Å²) in [6.45, 7) is -0.338. The Bertz CT molecular complexity index is 943. The maximum Gasteiger partial charge on any atom is 0.321 e. The Morgan fingerprint density at radius 3 is 2.39 bits per heavy atom. The standard InChI is InChI=1S/C22H31N3O7S/c1-31-18-9-11-19(12-10-18)33(29,30)25-13-5-6-16(14-25)21(27)32-15-20(26)24-22(28)23-17-7-3-2-4-8-17/h9-12,16-17H,2-8,13-15H2,1H3,(H2,23,24,26,28). The second kappa shape index (κ2) is 11.5. The van der Waals surface area contributed by atoms with Crippen molar-refractivity contribution >= 4 is 27.9 Å². The number of ether oxygens (including phenoxy) is 2. The fraction of sp³-hybridized carbons (Fsp3) is 0.591. The number of imide groups is 1. The Kier molecular flexibility index (Phi) is 8.67. The lowest BCUT2D eigenvalue weighted by molar-refractivity contribution is -0.153. The number of rotatable bonds is 7. The van der Waals surface area contributed by atoms with Crippen molar-refractivity contribution in [1.29, 1.82) is 0 Å². The highest BCUT2D eigenvalue weighted by molar-refractivity contribution is 7.89. The average Bonchev–Trinajstić information content (AvgIpc) is 2.83. The molecule has 1 unspecified atom stereocenters. The number of urea groups is 1. The summed E-state index contributed by atoms with van der Waals surface area (Å²) in [5.74, 6) is -1.53. The van der Waals surface area contributed by atoms with Crippen LogP contribution in [0.2, 0.25) is 0 Å². The van der Waals surface area contributed by atoms with Crippen LogP contribution in [0.1, 0.15) is 44.9 Å². The Morgan fingerprint density at radius 2 is 1.73 bits per heavy atom. The highest BCUT2D eigenvalue weighted by Crippen LogP contribution is 2.25. The first-order valence-corrected chi connectivity index (χ1v) is 12.6. The maximum absolute atomic E-state index is 12.9. The number of amides is 3. The van der Waals surface area contributed by atoms with Crippen LogP contribution in [0.4, 0.5) is 4.79 Å². The minimum absolute atomic E-state index is 0.0308. The molecule has 0 bridgehead atoms. The van der Waals surface area contributed by atoms with Crippen molar-refractivity contribution in [2.24, 2.45) is 5.92 Å². The molecule has 2 N–H and O–H groups in total. The number of nitrogens with zero attached hydrogens (tertiary/aromatic N) is 1. The first-order chi connectivity index (χ1) is 15.8. The zero-order chi connectivity index (χ0) is 23.8. The van der Waals surface area contributed by atoms with Crippen molar-refractivity contribution in [3.8, 4) is 5.75 Å². The Hall–Kier alpha value is -2.66. The molecule has 10 nitrogen and oxygen atoms in total. The van der Waals surface area contributed by atoms with Crippen molar-refractivity contribution in [2.75, 3.05) is 26.8 Å². The monoisotopic (exact) mass is 481 g/mol. The van der Waals surface area contributed by atoms with Gasteiger partial charge >= 0.3 is 12.0 Å². The zero-order valence-electron chi connectivity index (χ0n) is 18.7. The average molecular weight is 482 g/mol. The lowest BCUT2D eigenvalue weighted by Crippen LogP contribution is -2.47. The van der Waals surface area contributed by atoms with Crippen molar-refractivity contribution in [2.45, 2.75) is 55.9 Å². The van der Waals surface area contributed by atoms with E-state index in [1.807, 2.05) is 0 Å². The van der Waals surface area contributed by atoms with Crippen LogP contribution in [-0.4, -0.2) is 63.5 Å². The van der Waals surface area contributed by atoms with E-state index in [9.17, 15) is 22.8 Å². The van der Waals surface area contributed by atoms with Gasteiger partial charge in [0.15, 0.2) is 6.61 Å². The topological polar surface area (TPSA) is 131 Å². The summed E-state index contributed by atoms with van der Waals surface area (Å²) < 4.78 is 37.2. The SMILES string of the molecule is COc1ccc(S(=O)(=O)N2CCCC(C(=O)OCC(=O)NC(=O)NC3CCCCC3)C2)cc1. The fourth-order valence-electron chi connectivity index (χ4n) is 4.14. The first kappa shape index (κ1) is 25.0. The Balaban J connectivity index is 1.47. The second-order valence-corrected chi connectivity index (χ2v) is 10.3. The normalized spacial score (nSPS) is 20.0. The molecule has 1 aliphatic carbocycles. The number of sulfonamides is 1. The van der Waals surface area contributed by atoms with Crippen LogP contribution < -0.4 is 15.4 Å². The van der Waals surface area contributed by atoms with Gasteiger partial charge in [0.05, 0.1) is 17.9 Å². The summed E-state index contributed by atoms with van der Waals surface area (Å²) in [6.07, 6.45) is 5.95. The number of hydrogen-bond acceptors (Lipinski definition) is 7. The zero-order valence-corrected chi connectivity index (χ0v) is 19.6. The van der Waals surface area contributed by atoms with Gasteiger partial charge in [-0.25, -0.2) is 13.2 Å². The number of esters is 1. The molecule has 1 aliphatic heterocycles. The summed E-state index contributed by atoms with van der Waals surface area (Å²) in [7, 11) is -2.28. The number of nitrogens with one attached hydrogen (secondary N) is 2. The molecule has 2 aliphatic rings. The smallest absolute Gasteiger partial charge is 0.321 e. The molecule has 0 radical (unpaired) electrons. The predicted octanol–water partition coefficient (Wildman–Crippen LogP) is 1.80. The molecule has 11 heteroatoms. The largest absolute Gasteiger partial charge is 0.497 e. The molecule has 0 aromatic heterocycles. The molecule has 33 heavy (non-hydrogen) atoms. The minimum Gasteiger partial charge on any atom is -0.497 e. The van der Waals surface area contributed by atoms with Gasteiger partial charge in [-0.2, -0.15) is 4.31 Å². The highest BCUT2D eigenvalue weighted by atomic mass is 32.2. The van der Waals surface area contributed by atoms with Gasteiger partial charge in [-0.1, -0.05) is 19.3 Å². The number of benzene rings is 1. The number of carbonyl (C=O) groups excluding carboxylic acids is 3. The van der Waals surface area contributed by atoms with E-state index in [-0.39, 0.29) is 17.5 Å². The maximum atomic E-state index is 12.9. The van der Waals surface area contributed by atoms with Crippen LogP contribution in [0.15, 0.2) is 29.2 Å². The van der Waals surface area contributed by atoms with E-state index >= 15 is 0 Å². The van der Waals surface area contributed by atoms with Gasteiger partial charge in [-0.15, -0.1) is 0 Å². The van der Waals surface area contributed by atoms with Crippen molar-refractivity contribution in [3.05, 3.63) is 24.3 Å². The summed E-state index contributed by atoms with van der Waals surface area (Å²) in [5.41, 5.74) is 0. The van der Waals surface area contributed by atoms with Crippen LogP contribution in [-0.2, 0) is 24.3 Å². The number of piperidine rings is 1. The van der Waals surface area contributed by atoms with Crippen molar-refractivity contribution < 1.29 is 32.3 Å². The molecule has 3 amide bonds. The van der Waals surface area contributed by atoms with Crippen molar-refractivity contribution in [3.63, 3.8) is 0 Å². The fourth-order valence-corrected chi connectivity index (χ4v) is 5.66. The molecule has 2 fully saturated rings. The molecule has 1 aromatic carbocycles. The predicted molar refractivity (Wildman–Crippen MR) is 119 cm³/mol. The molecular formula is C22H31N3O7S. The molecule has 1 heterocycles. The third-order valence-corrected chi connectivity index (χ3v) is 7.83. The van der Waals surface area contributed by atoms with Crippen LogP contribution in [0.5, 0.6) is 5.75 Å². The third-order valence-electron chi connectivity index (χ3n) is 5.95. The van der Waals surface area contributed by atoms with Crippen LogP contribution >= 0.6 is 0 Å². The van der Waals surface area contributed by atoms with E-state index in [0.29, 0.717) is 25.1 Å². The van der Waals surface area contributed by atoms with E-state index in [1.165, 1.54) is 23.5 Å². The molecule has 1 saturated heterocycles. The summed E-state index contributed by atoms with van der Waals surface area (Å²) in [4.78, 5) is 36.5. The quantitative estimate of drug-likeness (QED) is 0.568. The molecular weight excluding hydrogens is 450 g/mol. The molecule has 3 rings (SSSR count). The minimum atomic E-state index is -3.78. The second-order valence-electron chi connectivity index (χ2n) is 8.34. The van der Waals surface area contributed by atoms with E-state index in [2.05, 4.69) is 10.6 Å². The van der Waals surface area contributed by atoms with Crippen molar-refractivity contribution in [1.82, 2.24) is 14.9 Å². The van der Waals surface area contributed by atoms with Crippen LogP contribution in [0.3, 0.4) is 0 Å². The lowest BCUT2D eigenvalue weighted by Gasteiger charge is -2.30. The van der Waals surface area contributed by atoms with Gasteiger partial charge in [-0.3, -0.25) is 14.9 Å². The molecule has 1 aromatic rings. The van der Waals surface area contributed by atoms with Gasteiger partial charge in [-0.05, 0) is 49.9 Å². The first-order valence-electron chi connectivity index (χ1n) is 11.2.